The van der Waals surface area contributed by atoms with Crippen molar-refractivity contribution in [3.63, 3.8) is 0 Å². The third kappa shape index (κ3) is 4.71. The molecule has 0 N–H and O–H groups in total. The summed E-state index contributed by atoms with van der Waals surface area (Å²) in [6.45, 7) is 11.2. The van der Waals surface area contributed by atoms with E-state index in [1.165, 1.54) is 11.8 Å². The average molecular weight is 558 g/mol. The maximum absolute atomic E-state index is 14.1. The number of likely N-dealkylation sites (tertiary alicyclic amines) is 1. The van der Waals surface area contributed by atoms with E-state index in [4.69, 9.17) is 28.2 Å². The van der Waals surface area contributed by atoms with Crippen LogP contribution in [-0.2, 0) is 10.3 Å². The summed E-state index contributed by atoms with van der Waals surface area (Å²) in [5.74, 6) is 0.267. The zero-order valence-electron chi connectivity index (χ0n) is 22.0. The number of aliphatic imine (C=N–C) groups is 1. The fraction of sp³-hybridized carbons (Fsp3) is 0.448. The van der Waals surface area contributed by atoms with Crippen molar-refractivity contribution in [2.24, 2.45) is 10.9 Å². The number of likely N-dealkylation sites (N-methyl/N-ethyl adjacent to an activating group) is 2. The molecule has 2 aromatic carbocycles. The van der Waals surface area contributed by atoms with Crippen molar-refractivity contribution in [3.05, 3.63) is 80.3 Å². The summed E-state index contributed by atoms with van der Waals surface area (Å²) in [4.78, 5) is 26.9. The molecule has 5 nitrogen and oxygen atoms in total. The number of nitrogens with zero attached hydrogens (tertiary/aromatic N) is 4. The molecule has 3 atom stereocenters. The topological polar surface area (TPSA) is 39.2 Å². The number of allylic oxidation sites excluding steroid dienone is 1. The van der Waals surface area contributed by atoms with Gasteiger partial charge in [0.1, 0.15) is 10.4 Å². The van der Waals surface area contributed by atoms with Crippen molar-refractivity contribution in [3.8, 4) is 0 Å². The molecule has 3 aliphatic rings. The number of benzene rings is 2. The van der Waals surface area contributed by atoms with Crippen molar-refractivity contribution < 1.29 is 4.79 Å². The molecule has 8 heteroatoms. The van der Waals surface area contributed by atoms with E-state index in [0.29, 0.717) is 16.6 Å². The van der Waals surface area contributed by atoms with Gasteiger partial charge in [-0.25, -0.2) is 4.99 Å². The van der Waals surface area contributed by atoms with Crippen LogP contribution in [0.1, 0.15) is 51.3 Å². The summed E-state index contributed by atoms with van der Waals surface area (Å²) in [6.07, 6.45) is 1.01. The first-order chi connectivity index (χ1) is 17.6. The molecule has 0 saturated carbocycles. The number of rotatable bonds is 6. The van der Waals surface area contributed by atoms with Crippen LogP contribution >= 0.6 is 35.0 Å². The highest BCUT2D eigenvalue weighted by Crippen LogP contribution is 2.56. The molecule has 1 fully saturated rings. The van der Waals surface area contributed by atoms with Gasteiger partial charge in [0.05, 0.1) is 6.04 Å². The minimum Gasteiger partial charge on any atom is -0.334 e. The van der Waals surface area contributed by atoms with Crippen LogP contribution < -0.4 is 0 Å². The zero-order valence-corrected chi connectivity index (χ0v) is 24.4. The normalized spacial score (nSPS) is 25.7. The highest BCUT2D eigenvalue weighted by atomic mass is 35.5. The van der Waals surface area contributed by atoms with Gasteiger partial charge in [-0.2, -0.15) is 0 Å². The van der Waals surface area contributed by atoms with Crippen LogP contribution in [-0.4, -0.2) is 58.5 Å². The second-order valence-corrected chi connectivity index (χ2v) is 12.5. The lowest BCUT2D eigenvalue weighted by molar-refractivity contribution is -0.128. The van der Waals surface area contributed by atoms with E-state index in [9.17, 15) is 4.79 Å². The number of amides is 1. The summed E-state index contributed by atoms with van der Waals surface area (Å²) in [5, 5.41) is 2.27. The standard InChI is InChI=1S/C29H34Cl2N4OS/c1-6-34(23-15-16-33(5)17-23)27(36)25-24(18(2)3)35-26(19-7-11-21(30)12-8-19)29(4,32-28(35)37-25)20-9-13-22(31)14-10-20/h7-14,18,23,26H,6,15-17H2,1-5H3/t23?,26-,29+/m1/s1. The fourth-order valence-electron chi connectivity index (χ4n) is 5.93. The van der Waals surface area contributed by atoms with Crippen molar-refractivity contribution in [2.45, 2.75) is 51.7 Å². The quantitative estimate of drug-likeness (QED) is 0.392. The van der Waals surface area contributed by atoms with Gasteiger partial charge in [0.15, 0.2) is 5.17 Å². The van der Waals surface area contributed by atoms with Gasteiger partial charge in [-0.15, -0.1) is 0 Å². The Morgan fingerprint density at radius 1 is 1.14 bits per heavy atom. The summed E-state index contributed by atoms with van der Waals surface area (Å²) < 4.78 is 0. The summed E-state index contributed by atoms with van der Waals surface area (Å²) in [6, 6.07) is 16.1. The molecule has 2 aromatic rings. The number of hydrogen-bond donors (Lipinski definition) is 0. The first-order valence-corrected chi connectivity index (χ1v) is 14.5. The van der Waals surface area contributed by atoms with E-state index < -0.39 is 5.54 Å². The van der Waals surface area contributed by atoms with Gasteiger partial charge in [0, 0.05) is 34.9 Å². The van der Waals surface area contributed by atoms with Crippen LogP contribution in [0.15, 0.2) is 64.1 Å². The van der Waals surface area contributed by atoms with Gasteiger partial charge >= 0.3 is 0 Å². The molecule has 196 valence electrons. The third-order valence-electron chi connectivity index (χ3n) is 7.77. The molecule has 5 rings (SSSR count). The van der Waals surface area contributed by atoms with Crippen molar-refractivity contribution in [1.29, 1.82) is 0 Å². The molecule has 1 saturated heterocycles. The van der Waals surface area contributed by atoms with Crippen molar-refractivity contribution >= 4 is 46.0 Å². The maximum atomic E-state index is 14.1. The van der Waals surface area contributed by atoms with Crippen LogP contribution in [0, 0.1) is 5.92 Å². The summed E-state index contributed by atoms with van der Waals surface area (Å²) in [7, 11) is 2.13. The number of carbonyl (C=O) groups is 1. The Hall–Kier alpha value is -1.99. The largest absolute Gasteiger partial charge is 0.334 e. The van der Waals surface area contributed by atoms with Crippen molar-refractivity contribution in [1.82, 2.24) is 14.7 Å². The first-order valence-electron chi connectivity index (χ1n) is 13.0. The number of carbonyl (C=O) groups excluding carboxylic acids is 1. The minimum absolute atomic E-state index is 0.121. The molecule has 0 aliphatic carbocycles. The maximum Gasteiger partial charge on any atom is 0.262 e. The fourth-order valence-corrected chi connectivity index (χ4v) is 7.54. The molecule has 0 bridgehead atoms. The van der Waals surface area contributed by atoms with Gasteiger partial charge in [0.25, 0.3) is 5.91 Å². The number of fused-ring (bicyclic) bond motifs is 1. The van der Waals surface area contributed by atoms with E-state index in [-0.39, 0.29) is 23.9 Å². The van der Waals surface area contributed by atoms with Crippen LogP contribution in [0.3, 0.4) is 0 Å². The lowest BCUT2D eigenvalue weighted by Gasteiger charge is -2.37. The van der Waals surface area contributed by atoms with E-state index in [1.807, 2.05) is 24.3 Å². The van der Waals surface area contributed by atoms with E-state index in [2.05, 4.69) is 73.7 Å². The molecule has 0 radical (unpaired) electrons. The molecule has 37 heavy (non-hydrogen) atoms. The van der Waals surface area contributed by atoms with Gasteiger partial charge in [-0.3, -0.25) is 4.79 Å². The average Bonchev–Trinajstić information content (AvgIpc) is 3.52. The molecular weight excluding hydrogens is 523 g/mol. The predicted molar refractivity (Wildman–Crippen MR) is 155 cm³/mol. The van der Waals surface area contributed by atoms with Gasteiger partial charge in [-0.1, -0.05) is 61.3 Å². The SMILES string of the molecule is CCN(C(=O)C1=C(C(C)C)N2C(=N[C@@](C)(c3ccc(Cl)cc3)[C@H]2c2ccc(Cl)cc2)S1)C1CCN(C)C1. The Labute approximate surface area is 234 Å². The van der Waals surface area contributed by atoms with Crippen LogP contribution in [0.25, 0.3) is 0 Å². The van der Waals surface area contributed by atoms with E-state index >= 15 is 0 Å². The molecule has 3 heterocycles. The Bertz CT molecular complexity index is 1240. The smallest absolute Gasteiger partial charge is 0.262 e. The predicted octanol–water partition coefficient (Wildman–Crippen LogP) is 6.79. The molecule has 3 aliphatic heterocycles. The van der Waals surface area contributed by atoms with Crippen LogP contribution in [0.5, 0.6) is 0 Å². The van der Waals surface area contributed by atoms with Crippen LogP contribution in [0.2, 0.25) is 10.0 Å². The number of hydrogen-bond acceptors (Lipinski definition) is 5. The molecule has 1 amide bonds. The third-order valence-corrected chi connectivity index (χ3v) is 9.34. The van der Waals surface area contributed by atoms with Crippen molar-refractivity contribution in [2.75, 3.05) is 26.7 Å². The van der Waals surface area contributed by atoms with Crippen LogP contribution in [0.4, 0.5) is 0 Å². The highest BCUT2D eigenvalue weighted by molar-refractivity contribution is 8.18. The first kappa shape index (κ1) is 26.6. The Morgan fingerprint density at radius 3 is 2.30 bits per heavy atom. The van der Waals surface area contributed by atoms with E-state index in [0.717, 1.165) is 46.4 Å². The number of halogens is 2. The zero-order chi connectivity index (χ0) is 26.5. The molecule has 0 spiro atoms. The monoisotopic (exact) mass is 556 g/mol. The summed E-state index contributed by atoms with van der Waals surface area (Å²) >= 11 is 14.0. The van der Waals surface area contributed by atoms with Gasteiger partial charge in [-0.05, 0) is 86.9 Å². The number of thioether (sulfide) groups is 1. The van der Waals surface area contributed by atoms with Gasteiger partial charge in [0.2, 0.25) is 0 Å². The molecule has 1 unspecified atom stereocenters. The minimum atomic E-state index is -0.561. The molecule has 0 aromatic heterocycles. The second-order valence-electron chi connectivity index (χ2n) is 10.6. The number of amidine groups is 1. The summed E-state index contributed by atoms with van der Waals surface area (Å²) in [5.41, 5.74) is 2.68. The van der Waals surface area contributed by atoms with Gasteiger partial charge < -0.3 is 14.7 Å². The Morgan fingerprint density at radius 2 is 1.76 bits per heavy atom. The second kappa shape index (κ2) is 10.3. The Balaban J connectivity index is 1.61. The highest BCUT2D eigenvalue weighted by Gasteiger charge is 2.53. The van der Waals surface area contributed by atoms with E-state index in [1.54, 1.807) is 0 Å². The molecular formula is C29H34Cl2N4OS. The lowest BCUT2D eigenvalue weighted by atomic mass is 9.81. The lowest BCUT2D eigenvalue weighted by Crippen LogP contribution is -2.42. The Kier molecular flexibility index (Phi) is 7.40.